The van der Waals surface area contributed by atoms with Crippen molar-refractivity contribution >= 4 is 5.91 Å². The van der Waals surface area contributed by atoms with Crippen LogP contribution in [-0.2, 0) is 17.8 Å². The number of nitriles is 1. The monoisotopic (exact) mass is 295 g/mol. The fourth-order valence-electron chi connectivity index (χ4n) is 1.93. The van der Waals surface area contributed by atoms with E-state index in [1.54, 1.807) is 31.5 Å². The molecule has 0 saturated carbocycles. The van der Waals surface area contributed by atoms with Crippen LogP contribution in [0.2, 0.25) is 0 Å². The average Bonchev–Trinajstić information content (AvgIpc) is 2.59. The van der Waals surface area contributed by atoms with Crippen molar-refractivity contribution in [1.29, 1.82) is 5.26 Å². The van der Waals surface area contributed by atoms with Crippen LogP contribution in [0.3, 0.4) is 0 Å². The topological polar surface area (TPSA) is 75.0 Å². The zero-order valence-electron chi connectivity index (χ0n) is 12.4. The first kappa shape index (κ1) is 15.5. The highest BCUT2D eigenvalue weighted by Crippen LogP contribution is 2.07. The molecule has 0 unspecified atom stereocenters. The van der Waals surface area contributed by atoms with Crippen LogP contribution in [0.1, 0.15) is 23.1 Å². The van der Waals surface area contributed by atoms with E-state index in [-0.39, 0.29) is 5.91 Å². The van der Waals surface area contributed by atoms with Crippen molar-refractivity contribution in [2.75, 3.05) is 7.11 Å². The number of nitrogens with one attached hydrogen (secondary N) is 1. The summed E-state index contributed by atoms with van der Waals surface area (Å²) >= 11 is 0. The Labute approximate surface area is 129 Å². The summed E-state index contributed by atoms with van der Waals surface area (Å²) < 4.78 is 4.98. The van der Waals surface area contributed by atoms with Crippen molar-refractivity contribution in [3.63, 3.8) is 0 Å². The van der Waals surface area contributed by atoms with Gasteiger partial charge in [0.15, 0.2) is 0 Å². The lowest BCUT2D eigenvalue weighted by Gasteiger charge is -2.06. The number of carbonyl (C=O) groups is 1. The van der Waals surface area contributed by atoms with E-state index in [4.69, 9.17) is 10.00 Å². The van der Waals surface area contributed by atoms with E-state index in [9.17, 15) is 4.79 Å². The number of rotatable bonds is 6. The third kappa shape index (κ3) is 4.60. The zero-order chi connectivity index (χ0) is 15.8. The van der Waals surface area contributed by atoms with Crippen LogP contribution in [-0.4, -0.2) is 18.0 Å². The highest BCUT2D eigenvalue weighted by Gasteiger charge is 2.03. The lowest BCUT2D eigenvalue weighted by Crippen LogP contribution is -2.23. The molecule has 2 aromatic rings. The van der Waals surface area contributed by atoms with E-state index in [1.807, 2.05) is 18.2 Å². The Balaban J connectivity index is 1.76. The maximum absolute atomic E-state index is 11.8. The van der Waals surface area contributed by atoms with E-state index in [2.05, 4.69) is 16.4 Å². The van der Waals surface area contributed by atoms with Crippen LogP contribution in [0.25, 0.3) is 0 Å². The predicted octanol–water partition coefficient (Wildman–Crippen LogP) is 2.21. The largest absolute Gasteiger partial charge is 0.481 e. The molecule has 0 saturated heterocycles. The maximum atomic E-state index is 11.8. The molecule has 0 radical (unpaired) electrons. The number of amides is 1. The van der Waals surface area contributed by atoms with Gasteiger partial charge in [0.1, 0.15) is 0 Å². The lowest BCUT2D eigenvalue weighted by atomic mass is 10.1. The second-order valence-electron chi connectivity index (χ2n) is 4.79. The second kappa shape index (κ2) is 7.79. The van der Waals surface area contributed by atoms with Gasteiger partial charge in [0.05, 0.1) is 18.7 Å². The highest BCUT2D eigenvalue weighted by molar-refractivity contribution is 5.76. The molecule has 1 N–H and O–H groups in total. The van der Waals surface area contributed by atoms with Crippen molar-refractivity contribution in [3.8, 4) is 11.9 Å². The van der Waals surface area contributed by atoms with Crippen molar-refractivity contribution in [2.24, 2.45) is 0 Å². The molecule has 0 spiro atoms. The molecule has 22 heavy (non-hydrogen) atoms. The molecular formula is C17H17N3O2. The number of carbonyl (C=O) groups excluding carboxylic acids is 1. The van der Waals surface area contributed by atoms with Crippen LogP contribution in [0.5, 0.6) is 5.88 Å². The van der Waals surface area contributed by atoms with E-state index in [0.29, 0.717) is 30.8 Å². The number of nitrogens with zero attached hydrogens (tertiary/aromatic N) is 2. The molecule has 0 aliphatic carbocycles. The van der Waals surface area contributed by atoms with Crippen molar-refractivity contribution in [2.45, 2.75) is 19.4 Å². The number of methoxy groups -OCH3 is 1. The van der Waals surface area contributed by atoms with Gasteiger partial charge in [0.2, 0.25) is 11.8 Å². The molecule has 112 valence electrons. The first-order chi connectivity index (χ1) is 10.7. The Bertz CT molecular complexity index is 658. The van der Waals surface area contributed by atoms with E-state index in [1.165, 1.54) is 0 Å². The van der Waals surface area contributed by atoms with Gasteiger partial charge in [-0.1, -0.05) is 18.2 Å². The number of aromatic nitrogens is 1. The van der Waals surface area contributed by atoms with Gasteiger partial charge in [0, 0.05) is 25.2 Å². The third-order valence-corrected chi connectivity index (χ3v) is 3.22. The van der Waals surface area contributed by atoms with Crippen LogP contribution in [0, 0.1) is 11.3 Å². The molecular weight excluding hydrogens is 278 g/mol. The van der Waals surface area contributed by atoms with Crippen LogP contribution < -0.4 is 10.1 Å². The molecule has 1 aromatic heterocycles. The van der Waals surface area contributed by atoms with Gasteiger partial charge in [-0.15, -0.1) is 0 Å². The molecule has 0 aliphatic heterocycles. The van der Waals surface area contributed by atoms with Gasteiger partial charge in [-0.2, -0.15) is 5.26 Å². The van der Waals surface area contributed by atoms with Gasteiger partial charge in [-0.3, -0.25) is 4.79 Å². The van der Waals surface area contributed by atoms with Gasteiger partial charge < -0.3 is 10.1 Å². The minimum Gasteiger partial charge on any atom is -0.481 e. The number of ether oxygens (including phenoxy) is 1. The highest BCUT2D eigenvalue weighted by atomic mass is 16.5. The summed E-state index contributed by atoms with van der Waals surface area (Å²) in [4.78, 5) is 15.9. The second-order valence-corrected chi connectivity index (χ2v) is 4.79. The number of pyridine rings is 1. The van der Waals surface area contributed by atoms with Gasteiger partial charge in [-0.25, -0.2) is 4.98 Å². The first-order valence-corrected chi connectivity index (χ1v) is 6.96. The Hall–Kier alpha value is -2.87. The van der Waals surface area contributed by atoms with Gasteiger partial charge >= 0.3 is 0 Å². The average molecular weight is 295 g/mol. The van der Waals surface area contributed by atoms with Crippen LogP contribution in [0.15, 0.2) is 42.6 Å². The molecule has 1 amide bonds. The summed E-state index contributed by atoms with van der Waals surface area (Å²) in [5.41, 5.74) is 2.59. The fraction of sp³-hybridized carbons (Fsp3) is 0.235. The lowest BCUT2D eigenvalue weighted by molar-refractivity contribution is -0.121. The SMILES string of the molecule is COc1ccc(CNC(=O)CCc2ccc(C#N)cc2)cn1. The van der Waals surface area contributed by atoms with Crippen molar-refractivity contribution in [3.05, 3.63) is 59.3 Å². The Morgan fingerprint density at radius 1 is 1.23 bits per heavy atom. The number of aryl methyl sites for hydroxylation is 1. The normalized spacial score (nSPS) is 9.82. The summed E-state index contributed by atoms with van der Waals surface area (Å²) in [6.45, 7) is 0.448. The molecule has 1 heterocycles. The van der Waals surface area contributed by atoms with E-state index < -0.39 is 0 Å². The van der Waals surface area contributed by atoms with Crippen LogP contribution in [0.4, 0.5) is 0 Å². The molecule has 0 bridgehead atoms. The van der Waals surface area contributed by atoms with E-state index >= 15 is 0 Å². The third-order valence-electron chi connectivity index (χ3n) is 3.22. The Kier molecular flexibility index (Phi) is 5.50. The summed E-state index contributed by atoms with van der Waals surface area (Å²) in [7, 11) is 1.56. The zero-order valence-corrected chi connectivity index (χ0v) is 12.4. The number of benzene rings is 1. The van der Waals surface area contributed by atoms with Crippen molar-refractivity contribution < 1.29 is 9.53 Å². The fourth-order valence-corrected chi connectivity index (χ4v) is 1.93. The summed E-state index contributed by atoms with van der Waals surface area (Å²) in [5.74, 6) is 0.538. The minimum absolute atomic E-state index is 0.0137. The molecule has 0 atom stereocenters. The quantitative estimate of drug-likeness (QED) is 0.886. The van der Waals surface area contributed by atoms with Gasteiger partial charge in [0.25, 0.3) is 0 Å². The molecule has 5 nitrogen and oxygen atoms in total. The molecule has 1 aromatic carbocycles. The number of hydrogen-bond donors (Lipinski definition) is 1. The standard InChI is InChI=1S/C17H17N3O2/c1-22-17-9-7-15(12-20-17)11-19-16(21)8-6-13-2-4-14(10-18)5-3-13/h2-5,7,9,12H,6,8,11H2,1H3,(H,19,21). The predicted molar refractivity (Wildman–Crippen MR) is 82.1 cm³/mol. The number of hydrogen-bond acceptors (Lipinski definition) is 4. The Morgan fingerprint density at radius 2 is 1.95 bits per heavy atom. The summed E-state index contributed by atoms with van der Waals surface area (Å²) in [6.07, 6.45) is 2.74. The van der Waals surface area contributed by atoms with Crippen LogP contribution >= 0.6 is 0 Å². The first-order valence-electron chi connectivity index (χ1n) is 6.96. The summed E-state index contributed by atoms with van der Waals surface area (Å²) in [5, 5.41) is 11.6. The van der Waals surface area contributed by atoms with E-state index in [0.717, 1.165) is 11.1 Å². The molecule has 5 heteroatoms. The van der Waals surface area contributed by atoms with Gasteiger partial charge in [-0.05, 0) is 29.7 Å². The molecule has 0 fully saturated rings. The maximum Gasteiger partial charge on any atom is 0.220 e. The minimum atomic E-state index is -0.0137. The molecule has 2 rings (SSSR count). The van der Waals surface area contributed by atoms with Crippen molar-refractivity contribution in [1.82, 2.24) is 10.3 Å². The molecule has 0 aliphatic rings. The smallest absolute Gasteiger partial charge is 0.220 e. The summed E-state index contributed by atoms with van der Waals surface area (Å²) in [6, 6.07) is 13.0. The Morgan fingerprint density at radius 3 is 2.55 bits per heavy atom.